The standard InChI is InChI=1S/C10H12F3NO2S/c11-10(12,13)17-7-3-1-6(2-4-7)9(16)8(15)5-14/h1-4,8-9,15-16H,5,14H2. The predicted octanol–water partition coefficient (Wildman–Crippen LogP) is 1.65. The molecule has 1 rings (SSSR count). The van der Waals surface area contributed by atoms with Gasteiger partial charge in [-0.15, -0.1) is 0 Å². The number of hydrogen-bond acceptors (Lipinski definition) is 4. The number of thioether (sulfide) groups is 1. The van der Waals surface area contributed by atoms with Crippen LogP contribution in [0.4, 0.5) is 13.2 Å². The zero-order valence-corrected chi connectivity index (χ0v) is 9.50. The lowest BCUT2D eigenvalue weighted by Gasteiger charge is -2.16. The Labute approximate surface area is 100 Å². The van der Waals surface area contributed by atoms with E-state index in [1.54, 1.807) is 0 Å². The molecule has 0 bridgehead atoms. The molecule has 0 aliphatic rings. The normalized spacial score (nSPS) is 15.6. The predicted molar refractivity (Wildman–Crippen MR) is 58.4 cm³/mol. The molecule has 0 amide bonds. The summed E-state index contributed by atoms with van der Waals surface area (Å²) in [4.78, 5) is 0.0238. The number of benzene rings is 1. The van der Waals surface area contributed by atoms with Crippen molar-refractivity contribution >= 4 is 11.8 Å². The van der Waals surface area contributed by atoms with E-state index in [1.165, 1.54) is 24.3 Å². The van der Waals surface area contributed by atoms with E-state index in [0.717, 1.165) is 0 Å². The van der Waals surface area contributed by atoms with Crippen molar-refractivity contribution in [2.45, 2.75) is 22.6 Å². The third-order valence-corrected chi connectivity index (χ3v) is 2.80. The molecule has 0 saturated heterocycles. The first-order valence-electron chi connectivity index (χ1n) is 4.75. The molecule has 0 heterocycles. The number of aliphatic hydroxyl groups is 2. The summed E-state index contributed by atoms with van der Waals surface area (Å²) in [7, 11) is 0. The summed E-state index contributed by atoms with van der Waals surface area (Å²) in [5.41, 5.74) is 1.15. The van der Waals surface area contributed by atoms with Crippen molar-refractivity contribution in [2.75, 3.05) is 6.54 Å². The molecule has 0 aliphatic heterocycles. The highest BCUT2D eigenvalue weighted by Gasteiger charge is 2.29. The summed E-state index contributed by atoms with van der Waals surface area (Å²) in [6, 6.07) is 5.13. The molecule has 1 aromatic rings. The molecule has 0 radical (unpaired) electrons. The number of rotatable bonds is 4. The quantitative estimate of drug-likeness (QED) is 0.726. The Bertz CT molecular complexity index is 356. The van der Waals surface area contributed by atoms with E-state index in [-0.39, 0.29) is 23.2 Å². The molecule has 17 heavy (non-hydrogen) atoms. The fourth-order valence-electron chi connectivity index (χ4n) is 1.22. The van der Waals surface area contributed by atoms with E-state index < -0.39 is 17.7 Å². The highest BCUT2D eigenvalue weighted by Crippen LogP contribution is 2.37. The van der Waals surface area contributed by atoms with Crippen LogP contribution in [0.5, 0.6) is 0 Å². The highest BCUT2D eigenvalue weighted by molar-refractivity contribution is 8.00. The molecule has 7 heteroatoms. The van der Waals surface area contributed by atoms with Crippen LogP contribution in [-0.4, -0.2) is 28.4 Å². The van der Waals surface area contributed by atoms with Crippen LogP contribution in [0.25, 0.3) is 0 Å². The van der Waals surface area contributed by atoms with Gasteiger partial charge < -0.3 is 15.9 Å². The van der Waals surface area contributed by atoms with E-state index >= 15 is 0 Å². The molecule has 3 nitrogen and oxygen atoms in total. The first kappa shape index (κ1) is 14.3. The molecule has 4 N–H and O–H groups in total. The Morgan fingerprint density at radius 3 is 2.12 bits per heavy atom. The SMILES string of the molecule is NCC(O)C(O)c1ccc(SC(F)(F)F)cc1. The monoisotopic (exact) mass is 267 g/mol. The van der Waals surface area contributed by atoms with Crippen LogP contribution in [0.15, 0.2) is 29.2 Å². The van der Waals surface area contributed by atoms with E-state index in [0.29, 0.717) is 5.56 Å². The van der Waals surface area contributed by atoms with E-state index in [4.69, 9.17) is 5.73 Å². The molecule has 0 aliphatic carbocycles. The largest absolute Gasteiger partial charge is 0.446 e. The van der Waals surface area contributed by atoms with Crippen molar-refractivity contribution in [3.05, 3.63) is 29.8 Å². The number of aliphatic hydroxyl groups excluding tert-OH is 2. The Morgan fingerprint density at radius 2 is 1.71 bits per heavy atom. The maximum atomic E-state index is 12.0. The van der Waals surface area contributed by atoms with Gasteiger partial charge in [-0.25, -0.2) is 0 Å². The van der Waals surface area contributed by atoms with E-state index in [1.807, 2.05) is 0 Å². The fourth-order valence-corrected chi connectivity index (χ4v) is 1.76. The molecular formula is C10H12F3NO2S. The van der Waals surface area contributed by atoms with Gasteiger partial charge >= 0.3 is 5.51 Å². The minimum Gasteiger partial charge on any atom is -0.389 e. The summed E-state index contributed by atoms with van der Waals surface area (Å²) in [6.45, 7) is -0.125. The van der Waals surface area contributed by atoms with Gasteiger partial charge in [-0.1, -0.05) is 12.1 Å². The van der Waals surface area contributed by atoms with Gasteiger partial charge in [0.1, 0.15) is 6.10 Å². The fraction of sp³-hybridized carbons (Fsp3) is 0.400. The van der Waals surface area contributed by atoms with Crippen molar-refractivity contribution < 1.29 is 23.4 Å². The molecular weight excluding hydrogens is 255 g/mol. The molecule has 2 atom stereocenters. The second-order valence-corrected chi connectivity index (χ2v) is 4.50. The second-order valence-electron chi connectivity index (χ2n) is 3.36. The zero-order chi connectivity index (χ0) is 13.1. The minimum absolute atomic E-state index is 0.0238. The van der Waals surface area contributed by atoms with Crippen molar-refractivity contribution in [3.63, 3.8) is 0 Å². The van der Waals surface area contributed by atoms with Gasteiger partial charge in [-0.05, 0) is 29.5 Å². The lowest BCUT2D eigenvalue weighted by molar-refractivity contribution is -0.0328. The molecule has 2 unspecified atom stereocenters. The summed E-state index contributed by atoms with van der Waals surface area (Å²) in [5.74, 6) is 0. The maximum absolute atomic E-state index is 12.0. The van der Waals surface area contributed by atoms with E-state index in [2.05, 4.69) is 0 Å². The van der Waals surface area contributed by atoms with Crippen LogP contribution >= 0.6 is 11.8 Å². The lowest BCUT2D eigenvalue weighted by Crippen LogP contribution is -2.27. The molecule has 0 fully saturated rings. The molecule has 0 spiro atoms. The number of hydrogen-bond donors (Lipinski definition) is 3. The Balaban J connectivity index is 2.74. The Hall–Kier alpha value is -0.760. The first-order chi connectivity index (χ1) is 7.83. The Morgan fingerprint density at radius 1 is 1.18 bits per heavy atom. The summed E-state index contributed by atoms with van der Waals surface area (Å²) < 4.78 is 36.1. The third kappa shape index (κ3) is 4.55. The maximum Gasteiger partial charge on any atom is 0.446 e. The second kappa shape index (κ2) is 5.72. The third-order valence-electron chi connectivity index (χ3n) is 2.06. The van der Waals surface area contributed by atoms with Gasteiger partial charge in [0.2, 0.25) is 0 Å². The van der Waals surface area contributed by atoms with Gasteiger partial charge in [-0.2, -0.15) is 13.2 Å². The average molecular weight is 267 g/mol. The lowest BCUT2D eigenvalue weighted by atomic mass is 10.0. The van der Waals surface area contributed by atoms with Crippen molar-refractivity contribution in [1.82, 2.24) is 0 Å². The smallest absolute Gasteiger partial charge is 0.389 e. The summed E-state index contributed by atoms with van der Waals surface area (Å²) in [6.07, 6.45) is -2.32. The van der Waals surface area contributed by atoms with Crippen molar-refractivity contribution in [1.29, 1.82) is 0 Å². The topological polar surface area (TPSA) is 66.5 Å². The zero-order valence-electron chi connectivity index (χ0n) is 8.69. The minimum atomic E-state index is -4.34. The Kier molecular flexibility index (Phi) is 4.81. The number of nitrogens with two attached hydrogens (primary N) is 1. The van der Waals surface area contributed by atoms with Crippen LogP contribution in [0.3, 0.4) is 0 Å². The van der Waals surface area contributed by atoms with Gasteiger partial charge in [0, 0.05) is 11.4 Å². The summed E-state index contributed by atoms with van der Waals surface area (Å²) >= 11 is -0.234. The van der Waals surface area contributed by atoms with Crippen molar-refractivity contribution in [3.8, 4) is 0 Å². The number of alkyl halides is 3. The van der Waals surface area contributed by atoms with Crippen LogP contribution in [0, 0.1) is 0 Å². The molecule has 0 aromatic heterocycles. The average Bonchev–Trinajstić information content (AvgIpc) is 2.26. The highest BCUT2D eigenvalue weighted by atomic mass is 32.2. The molecule has 1 aromatic carbocycles. The van der Waals surface area contributed by atoms with Gasteiger partial charge in [0.25, 0.3) is 0 Å². The molecule has 96 valence electrons. The van der Waals surface area contributed by atoms with Crippen molar-refractivity contribution in [2.24, 2.45) is 5.73 Å². The van der Waals surface area contributed by atoms with Crippen LogP contribution in [-0.2, 0) is 0 Å². The molecule has 0 saturated carbocycles. The van der Waals surface area contributed by atoms with Crippen LogP contribution in [0.1, 0.15) is 11.7 Å². The van der Waals surface area contributed by atoms with Gasteiger partial charge in [0.15, 0.2) is 0 Å². The number of halogens is 3. The van der Waals surface area contributed by atoms with Gasteiger partial charge in [0.05, 0.1) is 6.10 Å². The van der Waals surface area contributed by atoms with Crippen LogP contribution < -0.4 is 5.73 Å². The van der Waals surface area contributed by atoms with E-state index in [9.17, 15) is 23.4 Å². The first-order valence-corrected chi connectivity index (χ1v) is 5.57. The summed E-state index contributed by atoms with van der Waals surface area (Å²) in [5, 5.41) is 18.8. The van der Waals surface area contributed by atoms with Gasteiger partial charge in [-0.3, -0.25) is 0 Å². The van der Waals surface area contributed by atoms with Crippen LogP contribution in [0.2, 0.25) is 0 Å².